The molecule has 1 saturated carbocycles. The van der Waals surface area contributed by atoms with Gasteiger partial charge in [0.1, 0.15) is 0 Å². The Morgan fingerprint density at radius 1 is 1.03 bits per heavy atom. The quantitative estimate of drug-likeness (QED) is 0.506. The minimum absolute atomic E-state index is 0.0661. The van der Waals surface area contributed by atoms with Gasteiger partial charge in [0.25, 0.3) is 5.91 Å². The summed E-state index contributed by atoms with van der Waals surface area (Å²) in [6.07, 6.45) is -1.39. The van der Waals surface area contributed by atoms with Crippen molar-refractivity contribution in [2.45, 2.75) is 38.8 Å². The van der Waals surface area contributed by atoms with E-state index in [-0.39, 0.29) is 23.4 Å². The largest absolute Gasteiger partial charge is 0.416 e. The third-order valence-electron chi connectivity index (χ3n) is 5.37. The van der Waals surface area contributed by atoms with E-state index < -0.39 is 17.6 Å². The zero-order valence-electron chi connectivity index (χ0n) is 18.1. The molecule has 4 rings (SSSR count). The van der Waals surface area contributed by atoms with Gasteiger partial charge >= 0.3 is 6.18 Å². The summed E-state index contributed by atoms with van der Waals surface area (Å²) in [5.74, 6) is -0.591. The fourth-order valence-electron chi connectivity index (χ4n) is 3.42. The summed E-state index contributed by atoms with van der Waals surface area (Å²) in [6.45, 7) is 3.59. The van der Waals surface area contributed by atoms with E-state index in [0.717, 1.165) is 25.0 Å². The lowest BCUT2D eigenvalue weighted by molar-refractivity contribution is -0.137. The molecular weight excluding hydrogens is 433 g/mol. The van der Waals surface area contributed by atoms with Crippen LogP contribution in [0.2, 0.25) is 0 Å². The minimum atomic E-state index is -4.47. The first-order valence-corrected chi connectivity index (χ1v) is 10.6. The summed E-state index contributed by atoms with van der Waals surface area (Å²) in [4.78, 5) is 24.8. The molecule has 0 atom stereocenters. The number of benzene rings is 2. The van der Waals surface area contributed by atoms with Crippen LogP contribution in [0.5, 0.6) is 0 Å². The Balaban J connectivity index is 1.56. The fourth-order valence-corrected chi connectivity index (χ4v) is 3.42. The standard InChI is InChI=1S/C24H23F3N4O2/c1-14(2)22(32)29-17-8-10-18(11-9-17)30-23(33)20-13-28-31(21(20)15-6-7-15)19-5-3-4-16(12-19)24(25,26)27/h3-5,8-15H,6-7H2,1-2H3,(H,29,32)(H,30,33). The SMILES string of the molecule is CC(C)C(=O)Nc1ccc(NC(=O)c2cnn(-c3cccc(C(F)(F)F)c3)c2C2CC2)cc1. The Labute approximate surface area is 188 Å². The molecule has 1 aliphatic carbocycles. The van der Waals surface area contributed by atoms with E-state index in [1.54, 1.807) is 44.2 Å². The fraction of sp³-hybridized carbons (Fsp3) is 0.292. The Hall–Kier alpha value is -3.62. The van der Waals surface area contributed by atoms with Crippen molar-refractivity contribution in [3.05, 3.63) is 71.5 Å². The van der Waals surface area contributed by atoms with Gasteiger partial charge in [0.15, 0.2) is 0 Å². The molecule has 2 N–H and O–H groups in total. The monoisotopic (exact) mass is 456 g/mol. The Morgan fingerprint density at radius 3 is 2.24 bits per heavy atom. The van der Waals surface area contributed by atoms with E-state index in [1.807, 2.05) is 0 Å². The van der Waals surface area contributed by atoms with E-state index >= 15 is 0 Å². The predicted octanol–water partition coefficient (Wildman–Crippen LogP) is 5.62. The maximum atomic E-state index is 13.2. The summed E-state index contributed by atoms with van der Waals surface area (Å²) in [5.41, 5.74) is 1.56. The number of nitrogens with one attached hydrogen (secondary N) is 2. The van der Waals surface area contributed by atoms with Crippen LogP contribution in [0.15, 0.2) is 54.7 Å². The highest BCUT2D eigenvalue weighted by atomic mass is 19.4. The van der Waals surface area contributed by atoms with Gasteiger partial charge in [-0.3, -0.25) is 9.59 Å². The molecule has 0 spiro atoms. The van der Waals surface area contributed by atoms with Crippen LogP contribution in [0.3, 0.4) is 0 Å². The van der Waals surface area contributed by atoms with Crippen LogP contribution < -0.4 is 10.6 Å². The van der Waals surface area contributed by atoms with Gasteiger partial charge in [-0.15, -0.1) is 0 Å². The summed E-state index contributed by atoms with van der Waals surface area (Å²) in [7, 11) is 0. The van der Waals surface area contributed by atoms with Crippen molar-refractivity contribution in [2.24, 2.45) is 5.92 Å². The highest BCUT2D eigenvalue weighted by Gasteiger charge is 2.34. The number of hydrogen-bond donors (Lipinski definition) is 2. The lowest BCUT2D eigenvalue weighted by atomic mass is 10.1. The average Bonchev–Trinajstić information content (AvgIpc) is 3.51. The molecule has 2 aromatic carbocycles. The summed E-state index contributed by atoms with van der Waals surface area (Å²) < 4.78 is 40.9. The van der Waals surface area contributed by atoms with E-state index in [2.05, 4.69) is 15.7 Å². The molecule has 0 unspecified atom stereocenters. The van der Waals surface area contributed by atoms with Crippen molar-refractivity contribution >= 4 is 23.2 Å². The average molecular weight is 456 g/mol. The second kappa shape index (κ2) is 8.73. The van der Waals surface area contributed by atoms with Crippen molar-refractivity contribution in [1.29, 1.82) is 0 Å². The van der Waals surface area contributed by atoms with Crippen molar-refractivity contribution in [1.82, 2.24) is 9.78 Å². The third-order valence-corrected chi connectivity index (χ3v) is 5.37. The summed E-state index contributed by atoms with van der Waals surface area (Å²) in [6, 6.07) is 11.6. The topological polar surface area (TPSA) is 76.0 Å². The van der Waals surface area contributed by atoms with Crippen LogP contribution >= 0.6 is 0 Å². The maximum Gasteiger partial charge on any atom is 0.416 e. The number of hydrogen-bond acceptors (Lipinski definition) is 3. The van der Waals surface area contributed by atoms with Crippen molar-refractivity contribution < 1.29 is 22.8 Å². The zero-order valence-corrected chi connectivity index (χ0v) is 18.1. The number of halogens is 3. The highest BCUT2D eigenvalue weighted by Crippen LogP contribution is 2.43. The van der Waals surface area contributed by atoms with E-state index in [9.17, 15) is 22.8 Å². The van der Waals surface area contributed by atoms with Gasteiger partial charge in [0.05, 0.1) is 28.7 Å². The van der Waals surface area contributed by atoms with Crippen LogP contribution in [0, 0.1) is 5.92 Å². The molecule has 0 radical (unpaired) electrons. The molecule has 172 valence electrons. The smallest absolute Gasteiger partial charge is 0.326 e. The lowest BCUT2D eigenvalue weighted by Gasteiger charge is -2.12. The number of alkyl halides is 3. The van der Waals surface area contributed by atoms with Crippen molar-refractivity contribution in [3.63, 3.8) is 0 Å². The molecule has 1 heterocycles. The van der Waals surface area contributed by atoms with Crippen LogP contribution in [-0.4, -0.2) is 21.6 Å². The van der Waals surface area contributed by atoms with Crippen LogP contribution in [0.4, 0.5) is 24.5 Å². The first-order valence-electron chi connectivity index (χ1n) is 10.6. The Bertz CT molecular complexity index is 1180. The molecule has 0 saturated heterocycles. The minimum Gasteiger partial charge on any atom is -0.326 e. The number of carbonyl (C=O) groups excluding carboxylic acids is 2. The number of rotatable bonds is 6. The Morgan fingerprint density at radius 2 is 1.67 bits per heavy atom. The number of aromatic nitrogens is 2. The maximum absolute atomic E-state index is 13.2. The molecule has 6 nitrogen and oxygen atoms in total. The molecule has 2 amide bonds. The number of carbonyl (C=O) groups is 2. The summed E-state index contributed by atoms with van der Waals surface area (Å²) in [5, 5.41) is 9.82. The first kappa shape index (κ1) is 22.6. The lowest BCUT2D eigenvalue weighted by Crippen LogP contribution is -2.18. The number of amides is 2. The van der Waals surface area contributed by atoms with Gasteiger partial charge in [0, 0.05) is 23.2 Å². The van der Waals surface area contributed by atoms with Crippen molar-refractivity contribution in [3.8, 4) is 5.69 Å². The molecule has 33 heavy (non-hydrogen) atoms. The Kier molecular flexibility index (Phi) is 5.97. The van der Waals surface area contributed by atoms with Gasteiger partial charge in [-0.1, -0.05) is 19.9 Å². The highest BCUT2D eigenvalue weighted by molar-refractivity contribution is 6.05. The molecule has 1 aliphatic rings. The van der Waals surface area contributed by atoms with Crippen LogP contribution in [-0.2, 0) is 11.0 Å². The zero-order chi connectivity index (χ0) is 23.8. The van der Waals surface area contributed by atoms with Gasteiger partial charge < -0.3 is 10.6 Å². The van der Waals surface area contributed by atoms with Crippen molar-refractivity contribution in [2.75, 3.05) is 10.6 Å². The normalized spacial score (nSPS) is 13.8. The first-order chi connectivity index (χ1) is 15.6. The van der Waals surface area contributed by atoms with Gasteiger partial charge in [-0.2, -0.15) is 18.3 Å². The summed E-state index contributed by atoms with van der Waals surface area (Å²) >= 11 is 0. The van der Waals surface area contributed by atoms with E-state index in [1.165, 1.54) is 16.9 Å². The molecule has 1 fully saturated rings. The molecule has 0 bridgehead atoms. The second-order valence-electron chi connectivity index (χ2n) is 8.35. The molecule has 0 aliphatic heterocycles. The molecular formula is C24H23F3N4O2. The van der Waals surface area contributed by atoms with Gasteiger partial charge in [0.2, 0.25) is 5.91 Å². The van der Waals surface area contributed by atoms with E-state index in [0.29, 0.717) is 22.6 Å². The van der Waals surface area contributed by atoms with Gasteiger partial charge in [-0.25, -0.2) is 4.68 Å². The molecule has 3 aromatic rings. The molecule has 9 heteroatoms. The number of anilines is 2. The van der Waals surface area contributed by atoms with E-state index in [4.69, 9.17) is 0 Å². The van der Waals surface area contributed by atoms with Crippen LogP contribution in [0.1, 0.15) is 54.2 Å². The third kappa shape index (κ3) is 5.08. The molecule has 1 aromatic heterocycles. The van der Waals surface area contributed by atoms with Crippen LogP contribution in [0.25, 0.3) is 5.69 Å². The number of nitrogens with zero attached hydrogens (tertiary/aromatic N) is 2. The van der Waals surface area contributed by atoms with Gasteiger partial charge in [-0.05, 0) is 55.3 Å². The predicted molar refractivity (Wildman–Crippen MR) is 118 cm³/mol. The second-order valence-corrected chi connectivity index (χ2v) is 8.35.